The van der Waals surface area contributed by atoms with E-state index in [4.69, 9.17) is 19.4 Å². The van der Waals surface area contributed by atoms with Crippen molar-refractivity contribution in [3.05, 3.63) is 42.0 Å². The van der Waals surface area contributed by atoms with Crippen LogP contribution in [-0.4, -0.2) is 37.3 Å². The van der Waals surface area contributed by atoms with Gasteiger partial charge in [0.25, 0.3) is 0 Å². The molecule has 30 heavy (non-hydrogen) atoms. The van der Waals surface area contributed by atoms with E-state index in [2.05, 4.69) is 55.3 Å². The molecule has 1 aromatic heterocycles. The number of fused-ring (bicyclic) bond motifs is 1. The lowest BCUT2D eigenvalue weighted by molar-refractivity contribution is 0.356. The molecule has 1 aliphatic heterocycles. The Morgan fingerprint density at radius 1 is 0.900 bits per heavy atom. The number of nitrogens with one attached hydrogen (secondary N) is 1. The van der Waals surface area contributed by atoms with Crippen molar-refractivity contribution < 1.29 is 9.47 Å². The number of ether oxygens (including phenoxy) is 2. The van der Waals surface area contributed by atoms with Crippen LogP contribution < -0.4 is 19.7 Å². The number of hydrogen-bond donors (Lipinski definition) is 1. The van der Waals surface area contributed by atoms with E-state index in [1.165, 1.54) is 18.4 Å². The molecule has 0 amide bonds. The average Bonchev–Trinajstić information content (AvgIpc) is 3.26. The van der Waals surface area contributed by atoms with E-state index in [0.717, 1.165) is 35.5 Å². The lowest BCUT2D eigenvalue weighted by Gasteiger charge is -2.21. The molecule has 2 aromatic carbocycles. The minimum atomic E-state index is 0.122. The van der Waals surface area contributed by atoms with Crippen molar-refractivity contribution in [1.82, 2.24) is 9.97 Å². The summed E-state index contributed by atoms with van der Waals surface area (Å²) in [6, 6.07) is 12.4. The van der Waals surface area contributed by atoms with Crippen molar-refractivity contribution in [2.75, 3.05) is 37.5 Å². The molecule has 4 rings (SSSR count). The van der Waals surface area contributed by atoms with Gasteiger partial charge in [0.05, 0.1) is 19.7 Å². The minimum Gasteiger partial charge on any atom is -0.493 e. The van der Waals surface area contributed by atoms with Gasteiger partial charge in [-0.15, -0.1) is 0 Å². The van der Waals surface area contributed by atoms with Crippen LogP contribution in [0.4, 0.5) is 17.5 Å². The second-order valence-electron chi connectivity index (χ2n) is 8.74. The molecule has 3 aromatic rings. The summed E-state index contributed by atoms with van der Waals surface area (Å²) in [6.07, 6.45) is 2.35. The van der Waals surface area contributed by atoms with Crippen molar-refractivity contribution in [2.45, 2.75) is 39.0 Å². The molecule has 2 heterocycles. The van der Waals surface area contributed by atoms with Crippen LogP contribution >= 0.6 is 0 Å². The summed E-state index contributed by atoms with van der Waals surface area (Å²) < 4.78 is 11.0. The number of hydrogen-bond acceptors (Lipinski definition) is 6. The lowest BCUT2D eigenvalue weighted by Crippen LogP contribution is -2.20. The van der Waals surface area contributed by atoms with Crippen LogP contribution in [-0.2, 0) is 5.41 Å². The van der Waals surface area contributed by atoms with Gasteiger partial charge in [0.15, 0.2) is 11.5 Å². The van der Waals surface area contributed by atoms with Gasteiger partial charge in [-0.3, -0.25) is 0 Å². The molecular formula is C24H30N4O2. The topological polar surface area (TPSA) is 59.5 Å². The Balaban J connectivity index is 1.76. The third-order valence-corrected chi connectivity index (χ3v) is 5.59. The Labute approximate surface area is 178 Å². The Hall–Kier alpha value is -3.02. The van der Waals surface area contributed by atoms with Gasteiger partial charge in [-0.1, -0.05) is 32.9 Å². The molecule has 1 saturated heterocycles. The number of methoxy groups -OCH3 is 2. The molecule has 1 fully saturated rings. The second kappa shape index (κ2) is 8.01. The van der Waals surface area contributed by atoms with E-state index in [1.807, 2.05) is 12.1 Å². The monoisotopic (exact) mass is 406 g/mol. The zero-order valence-corrected chi connectivity index (χ0v) is 18.5. The fraction of sp³-hybridized carbons (Fsp3) is 0.417. The summed E-state index contributed by atoms with van der Waals surface area (Å²) >= 11 is 0. The van der Waals surface area contributed by atoms with E-state index >= 15 is 0 Å². The van der Waals surface area contributed by atoms with Gasteiger partial charge in [-0.05, 0) is 42.0 Å². The molecule has 1 N–H and O–H groups in total. The fourth-order valence-electron chi connectivity index (χ4n) is 3.85. The van der Waals surface area contributed by atoms with Gasteiger partial charge in [0.1, 0.15) is 5.82 Å². The summed E-state index contributed by atoms with van der Waals surface area (Å²) in [7, 11) is 3.29. The maximum absolute atomic E-state index is 5.51. The van der Waals surface area contributed by atoms with E-state index in [9.17, 15) is 0 Å². The van der Waals surface area contributed by atoms with Crippen LogP contribution in [0.2, 0.25) is 0 Å². The number of anilines is 3. The number of rotatable bonds is 5. The first-order valence-electron chi connectivity index (χ1n) is 10.5. The van der Waals surface area contributed by atoms with Crippen LogP contribution in [0.3, 0.4) is 0 Å². The lowest BCUT2D eigenvalue weighted by atomic mass is 9.87. The highest BCUT2D eigenvalue weighted by Gasteiger charge is 2.20. The van der Waals surface area contributed by atoms with Crippen LogP contribution in [0.15, 0.2) is 36.4 Å². The molecule has 0 atom stereocenters. The number of benzene rings is 2. The standard InChI is InChI=1S/C24H30N4O2/c1-24(2,3)16-8-10-17(11-9-16)25-23-26-19-15-21(30-5)20(29-4)14-18(19)22(27-23)28-12-6-7-13-28/h8-11,14-15H,6-7,12-13H2,1-5H3,(H,25,26,27). The summed E-state index contributed by atoms with van der Waals surface area (Å²) in [6.45, 7) is 8.64. The highest BCUT2D eigenvalue weighted by molar-refractivity contribution is 5.93. The molecule has 0 unspecified atom stereocenters. The zero-order chi connectivity index (χ0) is 21.3. The normalized spacial score (nSPS) is 14.2. The summed E-state index contributed by atoms with van der Waals surface area (Å²) in [4.78, 5) is 12.0. The van der Waals surface area contributed by atoms with E-state index in [-0.39, 0.29) is 5.41 Å². The molecule has 158 valence electrons. The van der Waals surface area contributed by atoms with Gasteiger partial charge in [-0.25, -0.2) is 4.98 Å². The average molecular weight is 407 g/mol. The summed E-state index contributed by atoms with van der Waals surface area (Å²) in [5, 5.41) is 4.36. The smallest absolute Gasteiger partial charge is 0.229 e. The quantitative estimate of drug-likeness (QED) is 0.621. The van der Waals surface area contributed by atoms with Crippen molar-refractivity contribution in [1.29, 1.82) is 0 Å². The maximum Gasteiger partial charge on any atom is 0.229 e. The summed E-state index contributed by atoms with van der Waals surface area (Å²) in [5.74, 6) is 2.87. The molecular weight excluding hydrogens is 376 g/mol. The predicted octanol–water partition coefficient (Wildman–Crippen LogP) is 5.29. The Morgan fingerprint density at radius 3 is 2.13 bits per heavy atom. The van der Waals surface area contributed by atoms with E-state index in [0.29, 0.717) is 17.4 Å². The van der Waals surface area contributed by atoms with Crippen molar-refractivity contribution >= 4 is 28.4 Å². The van der Waals surface area contributed by atoms with Crippen molar-refractivity contribution in [3.8, 4) is 11.5 Å². The van der Waals surface area contributed by atoms with Gasteiger partial charge in [0, 0.05) is 30.2 Å². The van der Waals surface area contributed by atoms with Gasteiger partial charge in [-0.2, -0.15) is 4.98 Å². The number of nitrogens with zero attached hydrogens (tertiary/aromatic N) is 3. The zero-order valence-electron chi connectivity index (χ0n) is 18.5. The molecule has 1 aliphatic rings. The van der Waals surface area contributed by atoms with Crippen LogP contribution in [0.25, 0.3) is 10.9 Å². The molecule has 6 nitrogen and oxygen atoms in total. The first-order valence-corrected chi connectivity index (χ1v) is 10.5. The van der Waals surface area contributed by atoms with E-state index < -0.39 is 0 Å². The maximum atomic E-state index is 5.51. The molecule has 0 bridgehead atoms. The van der Waals surface area contributed by atoms with E-state index in [1.54, 1.807) is 14.2 Å². The third-order valence-electron chi connectivity index (χ3n) is 5.59. The first kappa shape index (κ1) is 20.3. The molecule has 6 heteroatoms. The highest BCUT2D eigenvalue weighted by atomic mass is 16.5. The van der Waals surface area contributed by atoms with Crippen LogP contribution in [0.5, 0.6) is 11.5 Å². The highest BCUT2D eigenvalue weighted by Crippen LogP contribution is 2.37. The molecule has 0 radical (unpaired) electrons. The van der Waals surface area contributed by atoms with Crippen molar-refractivity contribution in [3.63, 3.8) is 0 Å². The van der Waals surface area contributed by atoms with Crippen LogP contribution in [0.1, 0.15) is 39.2 Å². The summed E-state index contributed by atoms with van der Waals surface area (Å²) in [5.41, 5.74) is 3.21. The largest absolute Gasteiger partial charge is 0.493 e. The third kappa shape index (κ3) is 3.99. The van der Waals surface area contributed by atoms with Gasteiger partial charge >= 0.3 is 0 Å². The Kier molecular flexibility index (Phi) is 5.41. The molecule has 0 spiro atoms. The van der Waals surface area contributed by atoms with Crippen LogP contribution in [0, 0.1) is 0 Å². The van der Waals surface area contributed by atoms with Crippen molar-refractivity contribution in [2.24, 2.45) is 0 Å². The predicted molar refractivity (Wildman–Crippen MR) is 123 cm³/mol. The van der Waals surface area contributed by atoms with Gasteiger partial charge < -0.3 is 19.7 Å². The minimum absolute atomic E-state index is 0.122. The second-order valence-corrected chi connectivity index (χ2v) is 8.74. The molecule has 0 aliphatic carbocycles. The molecule has 0 saturated carbocycles. The first-order chi connectivity index (χ1) is 14.4. The fourth-order valence-corrected chi connectivity index (χ4v) is 3.85. The Morgan fingerprint density at radius 2 is 1.53 bits per heavy atom. The number of aromatic nitrogens is 2. The SMILES string of the molecule is COc1cc2nc(Nc3ccc(C(C)(C)C)cc3)nc(N3CCCC3)c2cc1OC. The Bertz CT molecular complexity index is 1040. The van der Waals surface area contributed by atoms with Gasteiger partial charge in [0.2, 0.25) is 5.95 Å².